The molecule has 84 valence electrons. The molecule has 0 aromatic heterocycles. The van der Waals surface area contributed by atoms with Crippen molar-refractivity contribution < 1.29 is 14.3 Å². The van der Waals surface area contributed by atoms with Crippen molar-refractivity contribution in [3.8, 4) is 0 Å². The molecule has 0 spiro atoms. The van der Waals surface area contributed by atoms with Crippen LogP contribution in [0.2, 0.25) is 0 Å². The van der Waals surface area contributed by atoms with E-state index in [0.717, 1.165) is 0 Å². The highest BCUT2D eigenvalue weighted by Crippen LogP contribution is 2.48. The Balaban J connectivity index is 1.83. The summed E-state index contributed by atoms with van der Waals surface area (Å²) in [5.74, 6) is 0.784. The first-order valence-corrected chi connectivity index (χ1v) is 5.70. The van der Waals surface area contributed by atoms with Crippen molar-refractivity contribution in [2.75, 3.05) is 0 Å². The highest BCUT2D eigenvalue weighted by molar-refractivity contribution is 5.90. The smallest absolute Gasteiger partial charge is 0.317 e. The van der Waals surface area contributed by atoms with Gasteiger partial charge in [0.25, 0.3) is 0 Å². The number of rotatable bonds is 2. The van der Waals surface area contributed by atoms with Gasteiger partial charge in [-0.15, -0.1) is 0 Å². The second-order valence-corrected chi connectivity index (χ2v) is 5.23. The van der Waals surface area contributed by atoms with Gasteiger partial charge in [0.2, 0.25) is 0 Å². The van der Waals surface area contributed by atoms with Crippen LogP contribution in [0.5, 0.6) is 0 Å². The average Bonchev–Trinajstić information content (AvgIpc) is 2.93. The van der Waals surface area contributed by atoms with E-state index in [2.05, 4.69) is 0 Å². The number of carbonyl (C=O) groups excluding carboxylic acids is 2. The fourth-order valence-electron chi connectivity index (χ4n) is 2.42. The molecular formula is C12H18O3. The van der Waals surface area contributed by atoms with Crippen molar-refractivity contribution in [2.24, 2.45) is 35.5 Å². The third kappa shape index (κ3) is 1.68. The van der Waals surface area contributed by atoms with Gasteiger partial charge in [-0.2, -0.15) is 0 Å². The Labute approximate surface area is 90.2 Å². The predicted molar refractivity (Wildman–Crippen MR) is 54.7 cm³/mol. The van der Waals surface area contributed by atoms with E-state index in [1.807, 2.05) is 27.7 Å². The lowest BCUT2D eigenvalue weighted by atomic mass is 10.3. The molecule has 15 heavy (non-hydrogen) atoms. The van der Waals surface area contributed by atoms with Crippen molar-refractivity contribution in [1.29, 1.82) is 0 Å². The van der Waals surface area contributed by atoms with Crippen LogP contribution in [-0.2, 0) is 14.3 Å². The van der Waals surface area contributed by atoms with Gasteiger partial charge < -0.3 is 4.74 Å². The van der Waals surface area contributed by atoms with Crippen LogP contribution in [-0.4, -0.2) is 11.9 Å². The van der Waals surface area contributed by atoms with Crippen LogP contribution in [0.1, 0.15) is 27.7 Å². The Morgan fingerprint density at radius 3 is 1.20 bits per heavy atom. The van der Waals surface area contributed by atoms with Crippen molar-refractivity contribution >= 4 is 11.9 Å². The quantitative estimate of drug-likeness (QED) is 0.516. The van der Waals surface area contributed by atoms with Gasteiger partial charge in [-0.25, -0.2) is 0 Å². The molecule has 4 atom stereocenters. The maximum absolute atomic E-state index is 11.5. The molecule has 0 N–H and O–H groups in total. The highest BCUT2D eigenvalue weighted by atomic mass is 16.6. The van der Waals surface area contributed by atoms with Gasteiger partial charge >= 0.3 is 11.9 Å². The topological polar surface area (TPSA) is 43.4 Å². The maximum Gasteiger partial charge on any atom is 0.317 e. The lowest BCUT2D eigenvalue weighted by Crippen LogP contribution is -2.17. The van der Waals surface area contributed by atoms with Crippen LogP contribution in [0, 0.1) is 35.5 Å². The number of ether oxygens (including phenoxy) is 1. The van der Waals surface area contributed by atoms with Crippen LogP contribution in [0.3, 0.4) is 0 Å². The van der Waals surface area contributed by atoms with Crippen LogP contribution < -0.4 is 0 Å². The molecule has 0 aromatic rings. The van der Waals surface area contributed by atoms with Crippen molar-refractivity contribution in [2.45, 2.75) is 27.7 Å². The lowest BCUT2D eigenvalue weighted by molar-refractivity contribution is -0.162. The molecule has 0 bridgehead atoms. The van der Waals surface area contributed by atoms with Gasteiger partial charge in [0.1, 0.15) is 0 Å². The van der Waals surface area contributed by atoms with Crippen LogP contribution >= 0.6 is 0 Å². The summed E-state index contributed by atoms with van der Waals surface area (Å²) in [5.41, 5.74) is 0. The summed E-state index contributed by atoms with van der Waals surface area (Å²) in [5, 5.41) is 0. The van der Waals surface area contributed by atoms with Crippen LogP contribution in [0.15, 0.2) is 0 Å². The van der Waals surface area contributed by atoms with Gasteiger partial charge in [0, 0.05) is 0 Å². The Morgan fingerprint density at radius 2 is 1.00 bits per heavy atom. The Bertz CT molecular complexity index is 264. The summed E-state index contributed by atoms with van der Waals surface area (Å²) in [7, 11) is 0. The molecule has 0 aromatic carbocycles. The van der Waals surface area contributed by atoms with Crippen molar-refractivity contribution in [1.82, 2.24) is 0 Å². The number of hydrogen-bond donors (Lipinski definition) is 0. The SMILES string of the molecule is CC1C(C)C1C(=O)OC(=O)C1C(C)C1C. The molecule has 0 amide bonds. The van der Waals surface area contributed by atoms with Gasteiger partial charge in [-0.1, -0.05) is 27.7 Å². The van der Waals surface area contributed by atoms with E-state index in [4.69, 9.17) is 4.74 Å². The van der Waals surface area contributed by atoms with Crippen molar-refractivity contribution in [3.05, 3.63) is 0 Å². The minimum atomic E-state index is -0.314. The molecule has 3 nitrogen and oxygen atoms in total. The zero-order valence-electron chi connectivity index (χ0n) is 9.69. The molecule has 3 heteroatoms. The summed E-state index contributed by atoms with van der Waals surface area (Å²) in [6, 6.07) is 0. The fraction of sp³-hybridized carbons (Fsp3) is 0.833. The summed E-state index contributed by atoms with van der Waals surface area (Å²) in [6.07, 6.45) is 0. The van der Waals surface area contributed by atoms with Gasteiger partial charge in [-0.3, -0.25) is 9.59 Å². The number of carbonyl (C=O) groups is 2. The molecule has 2 saturated carbocycles. The minimum absolute atomic E-state index is 0.0432. The van der Waals surface area contributed by atoms with Crippen LogP contribution in [0.25, 0.3) is 0 Å². The van der Waals surface area contributed by atoms with E-state index in [9.17, 15) is 9.59 Å². The van der Waals surface area contributed by atoms with E-state index in [-0.39, 0.29) is 23.8 Å². The molecular weight excluding hydrogens is 192 g/mol. The first kappa shape index (κ1) is 10.7. The molecule has 2 aliphatic carbocycles. The molecule has 0 radical (unpaired) electrons. The Morgan fingerprint density at radius 1 is 0.733 bits per heavy atom. The average molecular weight is 210 g/mol. The maximum atomic E-state index is 11.5. The Kier molecular flexibility index (Phi) is 2.36. The second-order valence-electron chi connectivity index (χ2n) is 5.23. The summed E-state index contributed by atoms with van der Waals surface area (Å²) in [6.45, 7) is 8.07. The zero-order chi connectivity index (χ0) is 11.3. The summed E-state index contributed by atoms with van der Waals surface area (Å²) < 4.78 is 4.90. The van der Waals surface area contributed by atoms with Crippen molar-refractivity contribution in [3.63, 3.8) is 0 Å². The lowest BCUT2D eigenvalue weighted by Gasteiger charge is -2.00. The third-order valence-corrected chi connectivity index (χ3v) is 4.39. The number of hydrogen-bond acceptors (Lipinski definition) is 3. The molecule has 0 heterocycles. The first-order chi connectivity index (χ1) is 6.95. The van der Waals surface area contributed by atoms with E-state index >= 15 is 0 Å². The minimum Gasteiger partial charge on any atom is -0.393 e. The fourth-order valence-corrected chi connectivity index (χ4v) is 2.42. The first-order valence-electron chi connectivity index (χ1n) is 5.70. The van der Waals surface area contributed by atoms with E-state index in [1.54, 1.807) is 0 Å². The summed E-state index contributed by atoms with van der Waals surface area (Å²) >= 11 is 0. The molecule has 2 rings (SSSR count). The molecule has 2 aliphatic rings. The molecule has 4 unspecified atom stereocenters. The van der Waals surface area contributed by atoms with E-state index in [1.165, 1.54) is 0 Å². The molecule has 0 saturated heterocycles. The van der Waals surface area contributed by atoms with Crippen LogP contribution in [0.4, 0.5) is 0 Å². The Hall–Kier alpha value is -0.860. The van der Waals surface area contributed by atoms with E-state index in [0.29, 0.717) is 23.7 Å². The predicted octanol–water partition coefficient (Wildman–Crippen LogP) is 1.86. The van der Waals surface area contributed by atoms with E-state index < -0.39 is 0 Å². The van der Waals surface area contributed by atoms with Gasteiger partial charge in [0.15, 0.2) is 0 Å². The number of esters is 2. The monoisotopic (exact) mass is 210 g/mol. The largest absolute Gasteiger partial charge is 0.393 e. The highest BCUT2D eigenvalue weighted by Gasteiger charge is 2.53. The second kappa shape index (κ2) is 3.32. The van der Waals surface area contributed by atoms with Gasteiger partial charge in [0.05, 0.1) is 11.8 Å². The normalized spacial score (nSPS) is 47.2. The third-order valence-electron chi connectivity index (χ3n) is 4.39. The molecule has 2 fully saturated rings. The zero-order valence-corrected chi connectivity index (χ0v) is 9.69. The standard InChI is InChI=1S/C12H18O3/c1-5-6(2)9(5)11(13)15-12(14)10-7(3)8(10)4/h5-10H,1-4H3. The summed E-state index contributed by atoms with van der Waals surface area (Å²) in [4.78, 5) is 23.1. The van der Waals surface area contributed by atoms with Gasteiger partial charge in [-0.05, 0) is 23.7 Å². The molecule has 0 aliphatic heterocycles.